The molecule has 0 saturated carbocycles. The summed E-state index contributed by atoms with van der Waals surface area (Å²) in [7, 11) is 1.62. The predicted molar refractivity (Wildman–Crippen MR) is 459 cm³/mol. The van der Waals surface area contributed by atoms with Gasteiger partial charge in [0.2, 0.25) is 29.7 Å². The van der Waals surface area contributed by atoms with Crippen LogP contribution in [0.3, 0.4) is 0 Å². The number of aryl methyl sites for hydroxylation is 1. The van der Waals surface area contributed by atoms with Crippen LogP contribution in [-0.4, -0.2) is 118 Å². The molecule has 20 rings (SSSR count). The second kappa shape index (κ2) is 35.8. The molecule has 604 valence electrons. The average Bonchev–Trinajstić information content (AvgIpc) is 0.794. The molecule has 10 heterocycles. The summed E-state index contributed by atoms with van der Waals surface area (Å²) in [5, 5.41) is 42.8. The monoisotopic (exact) mass is 1650 g/mol. The van der Waals surface area contributed by atoms with E-state index < -0.39 is 29.1 Å². The van der Waals surface area contributed by atoms with E-state index in [1.54, 1.807) is 98.5 Å². The number of benzene rings is 10. The average molecular weight is 1650 g/mol. The smallest absolute Gasteiger partial charge is 0.240 e. The summed E-state index contributed by atoms with van der Waals surface area (Å²) in [5.74, 6) is -2.50. The minimum atomic E-state index is -0.758. The fourth-order valence-electron chi connectivity index (χ4n) is 13.2. The number of hydrogen-bond donors (Lipinski definition) is 5. The van der Waals surface area contributed by atoms with Gasteiger partial charge in [-0.1, -0.05) is 103 Å². The van der Waals surface area contributed by atoms with Crippen molar-refractivity contribution < 1.29 is 31.1 Å². The molecule has 10 N–H and O–H groups in total. The number of nitrogens with two attached hydrogens (primary N) is 5. The largest absolute Gasteiger partial charge is 0.495 e. The Bertz CT molecular complexity index is 7390. The van der Waals surface area contributed by atoms with Gasteiger partial charge in [0.15, 0.2) is 0 Å². The molecule has 0 atom stereocenters. The lowest BCUT2D eigenvalue weighted by Gasteiger charge is -2.10. The van der Waals surface area contributed by atoms with Crippen molar-refractivity contribution in [3.8, 4) is 118 Å². The van der Waals surface area contributed by atoms with Crippen LogP contribution in [0.15, 0.2) is 274 Å². The highest BCUT2D eigenvalue weighted by Gasteiger charge is 2.23. The van der Waals surface area contributed by atoms with E-state index in [9.17, 15) is 26.3 Å². The van der Waals surface area contributed by atoms with Gasteiger partial charge in [-0.15, -0.1) is 51.0 Å². The first-order valence-electron chi connectivity index (χ1n) is 37.4. The van der Waals surface area contributed by atoms with Crippen molar-refractivity contribution >= 4 is 84.4 Å². The van der Waals surface area contributed by atoms with Crippen LogP contribution in [0, 0.1) is 41.8 Å². The van der Waals surface area contributed by atoms with Gasteiger partial charge in [0, 0.05) is 114 Å². The van der Waals surface area contributed by atoms with Crippen LogP contribution in [0.2, 0.25) is 0 Å². The molecule has 0 bridgehead atoms. The highest BCUT2D eigenvalue weighted by Crippen LogP contribution is 2.39. The first-order chi connectivity index (χ1) is 60.3. The minimum Gasteiger partial charge on any atom is -0.495 e. The third-order valence-corrected chi connectivity index (χ3v) is 18.9. The van der Waals surface area contributed by atoms with Crippen LogP contribution < -0.4 is 33.4 Å². The Hall–Kier alpha value is -17.5. The summed E-state index contributed by atoms with van der Waals surface area (Å²) in [6.45, 7) is 1.86. The minimum absolute atomic E-state index is 0.0222. The van der Waals surface area contributed by atoms with Crippen molar-refractivity contribution in [2.75, 3.05) is 35.8 Å². The maximum atomic E-state index is 14.4. The number of nitrogen functional groups attached to an aromatic ring is 5. The number of nitrogens with zero attached hydrogens (tertiary/aromatic N) is 22. The molecule has 28 nitrogen and oxygen atoms in total. The number of rotatable bonds is 11. The van der Waals surface area contributed by atoms with E-state index in [1.807, 2.05) is 122 Å². The second-order valence-electron chi connectivity index (χ2n) is 27.0. The van der Waals surface area contributed by atoms with Gasteiger partial charge in [0.1, 0.15) is 115 Å². The van der Waals surface area contributed by atoms with Crippen molar-refractivity contribution in [3.63, 3.8) is 0 Å². The number of halogens is 6. The summed E-state index contributed by atoms with van der Waals surface area (Å²) in [5.41, 5.74) is 43.5. The molecule has 34 heteroatoms. The Kier molecular flexibility index (Phi) is 23.2. The zero-order chi connectivity index (χ0) is 85.9. The molecule has 0 amide bonds. The quantitative estimate of drug-likeness (QED) is 0.0751. The Morgan fingerprint density at radius 2 is 0.694 bits per heavy atom. The number of ether oxygens (including phenoxy) is 1. The fourth-order valence-corrected chi connectivity index (χ4v) is 13.2. The van der Waals surface area contributed by atoms with E-state index >= 15 is 0 Å². The van der Waals surface area contributed by atoms with Gasteiger partial charge in [-0.2, -0.15) is 0 Å². The number of methoxy groups -OCH3 is 1. The van der Waals surface area contributed by atoms with Gasteiger partial charge in [-0.25, -0.2) is 61.2 Å². The number of pyridine rings is 3. The van der Waals surface area contributed by atoms with Crippen LogP contribution in [0.5, 0.6) is 5.75 Å². The van der Waals surface area contributed by atoms with Crippen LogP contribution >= 0.6 is 0 Å². The lowest BCUT2D eigenvalue weighted by Crippen LogP contribution is -2.03. The first-order valence-corrected chi connectivity index (χ1v) is 37.4. The maximum absolute atomic E-state index is 14.4. The summed E-state index contributed by atoms with van der Waals surface area (Å²) in [4.78, 5) is 50.6. The molecular weight excluding hydrogens is 1590 g/mol. The van der Waals surface area contributed by atoms with Gasteiger partial charge in [0.05, 0.1) is 35.4 Å². The molecule has 20 aromatic rings. The molecule has 0 aliphatic heterocycles. The Morgan fingerprint density at radius 1 is 0.266 bits per heavy atom. The van der Waals surface area contributed by atoms with Gasteiger partial charge in [-0.3, -0.25) is 24.9 Å². The highest BCUT2D eigenvalue weighted by atomic mass is 19.1. The molecule has 0 spiro atoms. The van der Waals surface area contributed by atoms with Gasteiger partial charge >= 0.3 is 0 Å². The molecule has 0 aliphatic rings. The fraction of sp³-hybridized carbons (Fsp3) is 0.0222. The molecule has 0 unspecified atom stereocenters. The van der Waals surface area contributed by atoms with E-state index in [1.165, 1.54) is 55.1 Å². The number of anilines is 5. The van der Waals surface area contributed by atoms with Crippen LogP contribution in [0.25, 0.3) is 167 Å². The van der Waals surface area contributed by atoms with Gasteiger partial charge in [-0.05, 0) is 134 Å². The first kappa shape index (κ1) is 80.3. The van der Waals surface area contributed by atoms with E-state index in [0.717, 1.165) is 72.9 Å². The van der Waals surface area contributed by atoms with E-state index in [-0.39, 0.29) is 74.8 Å². The van der Waals surface area contributed by atoms with Gasteiger partial charge < -0.3 is 33.4 Å². The van der Waals surface area contributed by atoms with Crippen molar-refractivity contribution in [3.05, 3.63) is 314 Å². The van der Waals surface area contributed by atoms with Crippen molar-refractivity contribution in [1.82, 2.24) is 111 Å². The maximum Gasteiger partial charge on any atom is 0.240 e. The summed E-state index contributed by atoms with van der Waals surface area (Å²) < 4.78 is 89.0. The summed E-state index contributed by atoms with van der Waals surface area (Å²) >= 11 is 0. The topological polar surface area (TPSA) is 423 Å². The van der Waals surface area contributed by atoms with Crippen molar-refractivity contribution in [1.29, 1.82) is 0 Å². The Balaban J connectivity index is 0.000000115. The Morgan fingerprint density at radius 3 is 1.23 bits per heavy atom. The second-order valence-corrected chi connectivity index (χ2v) is 27.0. The lowest BCUT2D eigenvalue weighted by atomic mass is 10.0. The summed E-state index contributed by atoms with van der Waals surface area (Å²) in [6, 6.07) is 66.6. The van der Waals surface area contributed by atoms with Crippen LogP contribution in [0.1, 0.15) is 5.69 Å². The normalized spacial score (nSPS) is 10.9. The predicted octanol–water partition coefficient (Wildman–Crippen LogP) is 16.6. The molecule has 10 aromatic heterocycles. The highest BCUT2D eigenvalue weighted by molar-refractivity contribution is 5.93. The SMILES string of the molecule is COc1cnc2ccc(-c3nnc(N)nc3-c3ccccc3)cc2c1.Cc1ncnc2ccc(-c3nnc(N)nc3-c3ccc(F)cc3F)cc12.Nc1nnc(-c2cc(F)c3ncccc3c2)c(-c2ccc(F)cc2)n1.Nc1nnc(-c2cc(F)c3ncccc3c2)c(-c2ccccc2F)n1.Nc1nnc(-c2ccc3nccnc3c2)c(-c2ccccc2)n1. The van der Waals surface area contributed by atoms with E-state index in [4.69, 9.17) is 33.4 Å². The number of fused-ring (bicyclic) bond motifs is 5. The Labute approximate surface area is 698 Å². The molecule has 0 saturated heterocycles. The molecular formula is C90H61F6N27O. The lowest BCUT2D eigenvalue weighted by molar-refractivity contribution is 0.414. The molecule has 10 aromatic carbocycles. The van der Waals surface area contributed by atoms with Crippen molar-refractivity contribution in [2.45, 2.75) is 6.92 Å². The van der Waals surface area contributed by atoms with E-state index in [2.05, 4.69) is 111 Å². The third kappa shape index (κ3) is 17.9. The van der Waals surface area contributed by atoms with Gasteiger partial charge in [0.25, 0.3) is 0 Å². The third-order valence-electron chi connectivity index (χ3n) is 18.9. The van der Waals surface area contributed by atoms with Crippen molar-refractivity contribution in [2.24, 2.45) is 0 Å². The van der Waals surface area contributed by atoms with E-state index in [0.29, 0.717) is 78.6 Å². The molecule has 0 fully saturated rings. The molecule has 124 heavy (non-hydrogen) atoms. The van der Waals surface area contributed by atoms with Crippen LogP contribution in [0.4, 0.5) is 56.1 Å². The molecule has 0 aliphatic carbocycles. The summed E-state index contributed by atoms with van der Waals surface area (Å²) in [6.07, 6.45) is 9.56. The number of hydrogen-bond acceptors (Lipinski definition) is 28. The zero-order valence-electron chi connectivity index (χ0n) is 64.9. The van der Waals surface area contributed by atoms with Crippen LogP contribution in [-0.2, 0) is 0 Å². The standard InChI is InChI=1S/C19H15N5O.C18H12F2N6.2C18H11F2N5.C17H12N6/c1-25-15-10-14-9-13(7-8-16(14)21-11-15)18-17(22-19(20)24-23-18)12-5-3-2-4-6-12;1-9-13-6-10(2-5-15(13)23-8-22-9)16-17(24-18(21)26-25-16)12-4-3-11(19)7-14(12)20;19-13-5-3-10(4-6-13)16-17(24-25-18(21)23-16)12-8-11-2-1-7-22-15(11)14(20)9-12;19-13-6-2-1-5-12(13)17-16(24-25-18(21)23-17)11-8-10-4-3-7-22-15(10)14(20)9-11;18-17-21-15(11-4-2-1-3-5-11)16(22-23-17)12-6-7-13-14(10-12)20-9-8-19-13/h2-11H,1H3,(H2,20,22,24);2-8H,1H3,(H2,21,24,26);2*1-9H,(H2,21,23,25);1-10H,(H2,18,21,23). The number of aromatic nitrogens is 22. The molecule has 0 radical (unpaired) electrons. The zero-order valence-corrected chi connectivity index (χ0v) is 64.9.